The Hall–Kier alpha value is -1.76. The van der Waals surface area contributed by atoms with Crippen LogP contribution < -0.4 is 20.9 Å². The fourth-order valence-electron chi connectivity index (χ4n) is 2.76. The minimum absolute atomic E-state index is 0.0175. The van der Waals surface area contributed by atoms with Crippen LogP contribution >= 0.6 is 11.3 Å². The number of aliphatic imine (C=N–C) groups is 1. The molecule has 2 heterocycles. The minimum atomic E-state index is 0.0175. The molecule has 0 spiro atoms. The first-order chi connectivity index (χ1) is 12.1. The predicted molar refractivity (Wildman–Crippen MR) is 107 cm³/mol. The van der Waals surface area contributed by atoms with Crippen molar-refractivity contribution in [1.29, 1.82) is 0 Å². The summed E-state index contributed by atoms with van der Waals surface area (Å²) in [6, 6.07) is 4.74. The molecular weight excluding hydrogens is 334 g/mol. The average Bonchev–Trinajstić information content (AvgIpc) is 3.13. The number of rotatable bonds is 7. The Kier molecular flexibility index (Phi) is 8.04. The molecule has 140 valence electrons. The summed E-state index contributed by atoms with van der Waals surface area (Å²) in [5.41, 5.74) is 0. The lowest BCUT2D eigenvalue weighted by atomic mass is 10.1. The van der Waals surface area contributed by atoms with Gasteiger partial charge >= 0.3 is 0 Å². The Bertz CT molecular complexity index is 536. The molecule has 1 fully saturated rings. The second-order valence-corrected chi connectivity index (χ2v) is 7.49. The van der Waals surface area contributed by atoms with Gasteiger partial charge in [0.25, 0.3) is 0 Å². The molecule has 0 unspecified atom stereocenters. The van der Waals surface area contributed by atoms with E-state index < -0.39 is 0 Å². The number of amides is 1. The molecule has 7 heteroatoms. The van der Waals surface area contributed by atoms with Crippen LogP contribution in [-0.2, 0) is 4.79 Å². The maximum Gasteiger partial charge on any atom is 0.222 e. The Morgan fingerprint density at radius 3 is 2.72 bits per heavy atom. The number of carbonyl (C=O) groups is 1. The van der Waals surface area contributed by atoms with Crippen LogP contribution in [0.3, 0.4) is 0 Å². The molecule has 0 saturated carbocycles. The molecule has 0 atom stereocenters. The molecule has 0 aromatic carbocycles. The third-order valence-corrected chi connectivity index (χ3v) is 5.13. The fraction of sp³-hybridized carbons (Fsp3) is 0.667. The van der Waals surface area contributed by atoms with Gasteiger partial charge in [0.1, 0.15) is 0 Å². The zero-order chi connectivity index (χ0) is 18.1. The van der Waals surface area contributed by atoms with Crippen molar-refractivity contribution >= 4 is 28.2 Å². The van der Waals surface area contributed by atoms with Crippen LogP contribution in [0.1, 0.15) is 33.6 Å². The number of hydrogen-bond donors (Lipinski definition) is 3. The Morgan fingerprint density at radius 2 is 2.12 bits per heavy atom. The molecule has 3 N–H and O–H groups in total. The molecule has 6 nitrogen and oxygen atoms in total. The normalized spacial score (nSPS) is 16.2. The average molecular weight is 366 g/mol. The number of anilines is 1. The summed E-state index contributed by atoms with van der Waals surface area (Å²) in [6.07, 6.45) is 2.21. The highest BCUT2D eigenvalue weighted by atomic mass is 32.1. The van der Waals surface area contributed by atoms with Crippen LogP contribution in [0.2, 0.25) is 0 Å². The van der Waals surface area contributed by atoms with Crippen molar-refractivity contribution in [3.8, 4) is 0 Å². The first-order valence-electron chi connectivity index (χ1n) is 9.21. The molecule has 1 amide bonds. The molecule has 1 aromatic rings. The standard InChI is InChI=1S/C18H31N5OS/c1-4-19-18(21-10-9-20-17(24)14(2)3)22-15-7-11-23(12-8-15)16-6-5-13-25-16/h5-6,13-15H,4,7-12H2,1-3H3,(H,20,24)(H2,19,21,22). The van der Waals surface area contributed by atoms with Gasteiger partial charge in [-0.3, -0.25) is 9.79 Å². The largest absolute Gasteiger partial charge is 0.363 e. The van der Waals surface area contributed by atoms with Crippen molar-refractivity contribution in [2.24, 2.45) is 10.9 Å². The highest BCUT2D eigenvalue weighted by molar-refractivity contribution is 7.14. The summed E-state index contributed by atoms with van der Waals surface area (Å²) in [6.45, 7) is 9.99. The molecule has 1 aliphatic heterocycles. The van der Waals surface area contributed by atoms with Crippen molar-refractivity contribution in [2.75, 3.05) is 37.6 Å². The van der Waals surface area contributed by atoms with Gasteiger partial charge in [-0.15, -0.1) is 11.3 Å². The van der Waals surface area contributed by atoms with Crippen LogP contribution in [0.15, 0.2) is 22.5 Å². The molecule has 1 aliphatic rings. The monoisotopic (exact) mass is 365 g/mol. The minimum Gasteiger partial charge on any atom is -0.363 e. The summed E-state index contributed by atoms with van der Waals surface area (Å²) in [7, 11) is 0. The predicted octanol–water partition coefficient (Wildman–Crippen LogP) is 2.04. The summed E-state index contributed by atoms with van der Waals surface area (Å²) < 4.78 is 0. The first-order valence-corrected chi connectivity index (χ1v) is 10.1. The van der Waals surface area contributed by atoms with E-state index in [9.17, 15) is 4.79 Å². The highest BCUT2D eigenvalue weighted by Crippen LogP contribution is 2.24. The van der Waals surface area contributed by atoms with Crippen molar-refractivity contribution < 1.29 is 4.79 Å². The Balaban J connectivity index is 1.75. The summed E-state index contributed by atoms with van der Waals surface area (Å²) in [5.74, 6) is 0.939. The first kappa shape index (κ1) is 19.6. The van der Waals surface area contributed by atoms with Gasteiger partial charge in [0.05, 0.1) is 11.5 Å². The molecule has 0 bridgehead atoms. The van der Waals surface area contributed by atoms with Gasteiger partial charge in [-0.1, -0.05) is 13.8 Å². The zero-order valence-electron chi connectivity index (χ0n) is 15.5. The number of carbonyl (C=O) groups excluding carboxylic acids is 1. The number of thiophene rings is 1. The molecule has 2 rings (SSSR count). The third-order valence-electron chi connectivity index (χ3n) is 4.20. The lowest BCUT2D eigenvalue weighted by Crippen LogP contribution is -2.48. The number of piperidine rings is 1. The second kappa shape index (κ2) is 10.3. The number of nitrogens with zero attached hydrogens (tertiary/aromatic N) is 2. The molecule has 1 aromatic heterocycles. The van der Waals surface area contributed by atoms with E-state index in [4.69, 9.17) is 0 Å². The Labute approximate surface area is 155 Å². The highest BCUT2D eigenvalue weighted by Gasteiger charge is 2.20. The van der Waals surface area contributed by atoms with Gasteiger partial charge in [0.2, 0.25) is 5.91 Å². The van der Waals surface area contributed by atoms with Crippen molar-refractivity contribution in [3.05, 3.63) is 17.5 Å². The summed E-state index contributed by atoms with van der Waals surface area (Å²) >= 11 is 1.81. The van der Waals surface area contributed by atoms with Crippen LogP contribution in [0.25, 0.3) is 0 Å². The fourth-order valence-corrected chi connectivity index (χ4v) is 3.54. The summed E-state index contributed by atoms with van der Waals surface area (Å²) in [5, 5.41) is 13.2. The topological polar surface area (TPSA) is 68.8 Å². The van der Waals surface area contributed by atoms with Crippen LogP contribution in [0, 0.1) is 5.92 Å². The van der Waals surface area contributed by atoms with Gasteiger partial charge in [-0.2, -0.15) is 0 Å². The van der Waals surface area contributed by atoms with Crippen LogP contribution in [-0.4, -0.2) is 50.6 Å². The van der Waals surface area contributed by atoms with E-state index in [0.29, 0.717) is 19.1 Å². The van der Waals surface area contributed by atoms with E-state index in [1.54, 1.807) is 11.3 Å². The second-order valence-electron chi connectivity index (χ2n) is 6.56. The lowest BCUT2D eigenvalue weighted by Gasteiger charge is -2.33. The van der Waals surface area contributed by atoms with E-state index in [-0.39, 0.29) is 11.8 Å². The zero-order valence-corrected chi connectivity index (χ0v) is 16.4. The smallest absolute Gasteiger partial charge is 0.222 e. The van der Waals surface area contributed by atoms with Crippen LogP contribution in [0.5, 0.6) is 0 Å². The van der Waals surface area contributed by atoms with E-state index >= 15 is 0 Å². The van der Waals surface area contributed by atoms with Gasteiger partial charge in [-0.05, 0) is 37.3 Å². The summed E-state index contributed by atoms with van der Waals surface area (Å²) in [4.78, 5) is 18.6. The van der Waals surface area contributed by atoms with E-state index in [1.165, 1.54) is 5.00 Å². The van der Waals surface area contributed by atoms with E-state index in [1.807, 2.05) is 13.8 Å². The molecule has 0 radical (unpaired) electrons. The van der Waals surface area contributed by atoms with Gasteiger partial charge < -0.3 is 20.9 Å². The van der Waals surface area contributed by atoms with Gasteiger partial charge in [-0.25, -0.2) is 0 Å². The maximum absolute atomic E-state index is 11.6. The quantitative estimate of drug-likeness (QED) is 0.393. The number of guanidine groups is 1. The molecule has 0 aliphatic carbocycles. The van der Waals surface area contributed by atoms with Crippen molar-refractivity contribution in [1.82, 2.24) is 16.0 Å². The number of nitrogens with one attached hydrogen (secondary N) is 3. The maximum atomic E-state index is 11.6. The third kappa shape index (κ3) is 6.57. The SMILES string of the molecule is CCNC(=NCCNC(=O)C(C)C)NC1CCN(c2cccs2)CC1. The van der Waals surface area contributed by atoms with Crippen molar-refractivity contribution in [3.63, 3.8) is 0 Å². The van der Waals surface area contributed by atoms with Crippen molar-refractivity contribution in [2.45, 2.75) is 39.7 Å². The van der Waals surface area contributed by atoms with Gasteiger partial charge in [0, 0.05) is 38.1 Å². The molecule has 1 saturated heterocycles. The lowest BCUT2D eigenvalue weighted by molar-refractivity contribution is -0.123. The molecular formula is C18H31N5OS. The van der Waals surface area contributed by atoms with Gasteiger partial charge in [0.15, 0.2) is 5.96 Å². The van der Waals surface area contributed by atoms with E-state index in [2.05, 4.69) is 50.3 Å². The molecule has 25 heavy (non-hydrogen) atoms. The van der Waals surface area contributed by atoms with E-state index in [0.717, 1.165) is 38.4 Å². The Morgan fingerprint density at radius 1 is 1.36 bits per heavy atom. The van der Waals surface area contributed by atoms with Crippen LogP contribution in [0.4, 0.5) is 5.00 Å². The number of hydrogen-bond acceptors (Lipinski definition) is 4.